The van der Waals surface area contributed by atoms with E-state index in [1.165, 1.54) is 16.8 Å². The maximum atomic E-state index is 12.1. The molecule has 0 aromatic carbocycles. The van der Waals surface area contributed by atoms with Crippen molar-refractivity contribution in [3.8, 4) is 0 Å². The fourth-order valence-electron chi connectivity index (χ4n) is 3.10. The van der Waals surface area contributed by atoms with Gasteiger partial charge < -0.3 is 19.9 Å². The number of carbonyl (C=O) groups is 2. The van der Waals surface area contributed by atoms with Gasteiger partial charge in [-0.3, -0.25) is 14.2 Å². The molecule has 1 unspecified atom stereocenters. The van der Waals surface area contributed by atoms with Gasteiger partial charge in [-0.15, -0.1) is 0 Å². The zero-order valence-corrected chi connectivity index (χ0v) is 17.5. The molecular weight excluding hydrogens is 378 g/mol. The van der Waals surface area contributed by atoms with Gasteiger partial charge in [0.05, 0.1) is 0 Å². The topological polar surface area (TPSA) is 123 Å². The summed E-state index contributed by atoms with van der Waals surface area (Å²) in [4.78, 5) is 39.9. The van der Waals surface area contributed by atoms with Crippen LogP contribution in [0.1, 0.15) is 59.6 Å². The Labute approximate surface area is 170 Å². The molecule has 162 valence electrons. The summed E-state index contributed by atoms with van der Waals surface area (Å²) in [6.07, 6.45) is 1.18. The Balaban J connectivity index is 2.10. The zero-order valence-electron chi connectivity index (χ0n) is 17.5. The summed E-state index contributed by atoms with van der Waals surface area (Å²) < 4.78 is 18.3. The van der Waals surface area contributed by atoms with Crippen LogP contribution in [-0.2, 0) is 23.8 Å². The molecule has 9 heteroatoms. The second-order valence-corrected chi connectivity index (χ2v) is 8.16. The summed E-state index contributed by atoms with van der Waals surface area (Å²) in [6, 6.07) is 1.51. The van der Waals surface area contributed by atoms with E-state index in [1.807, 2.05) is 27.7 Å². The monoisotopic (exact) mass is 409 g/mol. The van der Waals surface area contributed by atoms with E-state index in [0.717, 1.165) is 0 Å². The lowest BCUT2D eigenvalue weighted by atomic mass is 10.0. The van der Waals surface area contributed by atoms with Crippen LogP contribution in [0.25, 0.3) is 0 Å². The first-order chi connectivity index (χ1) is 13.7. The third-order valence-electron chi connectivity index (χ3n) is 4.45. The molecule has 3 atom stereocenters. The Morgan fingerprint density at radius 2 is 1.86 bits per heavy atom. The Morgan fingerprint density at radius 3 is 2.48 bits per heavy atom. The molecule has 1 saturated heterocycles. The van der Waals surface area contributed by atoms with Crippen LogP contribution in [0.15, 0.2) is 17.1 Å². The number of rotatable bonds is 8. The van der Waals surface area contributed by atoms with Crippen LogP contribution >= 0.6 is 0 Å². The third-order valence-corrected chi connectivity index (χ3v) is 4.45. The standard InChI is InChI=1S/C20H31N3O6/c1-12(2)9-18(24)27-11-15-14(29-19(25)10-13(3)4)5-6-17(28-15)23-8-7-16(21)22-20(23)26/h7-8,12-15,17H,5-6,9-11H2,1-4H3,(H2,21,22,26)/t14?,15-,17-/m0/s1. The molecule has 0 saturated carbocycles. The fourth-order valence-corrected chi connectivity index (χ4v) is 3.10. The van der Waals surface area contributed by atoms with Crippen LogP contribution in [0.3, 0.4) is 0 Å². The van der Waals surface area contributed by atoms with E-state index in [1.54, 1.807) is 0 Å². The van der Waals surface area contributed by atoms with Crippen LogP contribution in [0.2, 0.25) is 0 Å². The van der Waals surface area contributed by atoms with Crippen LogP contribution in [0.4, 0.5) is 5.82 Å². The number of hydrogen-bond acceptors (Lipinski definition) is 8. The van der Waals surface area contributed by atoms with Crippen molar-refractivity contribution in [2.24, 2.45) is 11.8 Å². The van der Waals surface area contributed by atoms with Crippen LogP contribution in [0.5, 0.6) is 0 Å². The first-order valence-corrected chi connectivity index (χ1v) is 10.0. The van der Waals surface area contributed by atoms with Gasteiger partial charge in [0, 0.05) is 19.0 Å². The highest BCUT2D eigenvalue weighted by Gasteiger charge is 2.36. The second-order valence-electron chi connectivity index (χ2n) is 8.16. The number of esters is 2. The first kappa shape index (κ1) is 22.9. The number of anilines is 1. The Kier molecular flexibility index (Phi) is 8.19. The summed E-state index contributed by atoms with van der Waals surface area (Å²) in [5, 5.41) is 0. The Bertz CT molecular complexity index is 761. The van der Waals surface area contributed by atoms with Gasteiger partial charge in [-0.25, -0.2) is 4.79 Å². The zero-order chi connectivity index (χ0) is 21.6. The lowest BCUT2D eigenvalue weighted by molar-refractivity contribution is -0.194. The summed E-state index contributed by atoms with van der Waals surface area (Å²) in [5.41, 5.74) is 5.01. The summed E-state index contributed by atoms with van der Waals surface area (Å²) >= 11 is 0. The van der Waals surface area contributed by atoms with E-state index in [2.05, 4.69) is 4.98 Å². The van der Waals surface area contributed by atoms with Gasteiger partial charge in [-0.05, 0) is 30.7 Å². The average molecular weight is 409 g/mol. The van der Waals surface area contributed by atoms with Crippen molar-refractivity contribution >= 4 is 17.8 Å². The van der Waals surface area contributed by atoms with Crippen molar-refractivity contribution < 1.29 is 23.8 Å². The maximum Gasteiger partial charge on any atom is 0.351 e. The lowest BCUT2D eigenvalue weighted by Gasteiger charge is -2.36. The molecule has 0 bridgehead atoms. The van der Waals surface area contributed by atoms with Gasteiger partial charge in [0.2, 0.25) is 0 Å². The minimum absolute atomic E-state index is 0.0567. The molecule has 2 heterocycles. The van der Waals surface area contributed by atoms with Gasteiger partial charge in [-0.1, -0.05) is 27.7 Å². The van der Waals surface area contributed by atoms with Crippen molar-refractivity contribution in [1.82, 2.24) is 9.55 Å². The molecule has 0 spiro atoms. The van der Waals surface area contributed by atoms with E-state index >= 15 is 0 Å². The maximum absolute atomic E-state index is 12.1. The predicted octanol–water partition coefficient (Wildman–Crippen LogP) is 2.05. The van der Waals surface area contributed by atoms with Gasteiger partial charge in [0.15, 0.2) is 0 Å². The highest BCUT2D eigenvalue weighted by Crippen LogP contribution is 2.29. The van der Waals surface area contributed by atoms with Crippen molar-refractivity contribution in [3.05, 3.63) is 22.7 Å². The minimum Gasteiger partial charge on any atom is -0.463 e. The molecule has 2 rings (SSSR count). The quantitative estimate of drug-likeness (QED) is 0.647. The molecular formula is C20H31N3O6. The van der Waals surface area contributed by atoms with Crippen molar-refractivity contribution in [2.75, 3.05) is 12.3 Å². The van der Waals surface area contributed by atoms with Gasteiger partial charge in [0.1, 0.15) is 30.9 Å². The number of nitrogen functional groups attached to an aromatic ring is 1. The minimum atomic E-state index is -0.676. The van der Waals surface area contributed by atoms with E-state index in [0.29, 0.717) is 19.3 Å². The van der Waals surface area contributed by atoms with Crippen LogP contribution in [-0.4, -0.2) is 40.3 Å². The highest BCUT2D eigenvalue weighted by atomic mass is 16.6. The third kappa shape index (κ3) is 7.16. The predicted molar refractivity (Wildman–Crippen MR) is 106 cm³/mol. The van der Waals surface area contributed by atoms with Crippen LogP contribution < -0.4 is 11.4 Å². The molecule has 29 heavy (non-hydrogen) atoms. The summed E-state index contributed by atoms with van der Waals surface area (Å²) in [6.45, 7) is 7.65. The highest BCUT2D eigenvalue weighted by molar-refractivity contribution is 5.70. The number of aromatic nitrogens is 2. The molecule has 0 amide bonds. The van der Waals surface area contributed by atoms with E-state index in [-0.39, 0.29) is 42.6 Å². The normalized spacial score (nSPS) is 21.9. The second kappa shape index (κ2) is 10.4. The average Bonchev–Trinajstić information content (AvgIpc) is 2.59. The number of carbonyl (C=O) groups excluding carboxylic acids is 2. The van der Waals surface area contributed by atoms with E-state index < -0.39 is 24.1 Å². The fraction of sp³-hybridized carbons (Fsp3) is 0.700. The molecule has 1 aromatic rings. The number of ether oxygens (including phenoxy) is 3. The SMILES string of the molecule is CC(C)CC(=O)OC[C@@H]1O[C@H](n2ccc(N)nc2=O)CCC1OC(=O)CC(C)C. The largest absolute Gasteiger partial charge is 0.463 e. The molecule has 0 aliphatic carbocycles. The first-order valence-electron chi connectivity index (χ1n) is 10.0. The Morgan fingerprint density at radius 1 is 1.21 bits per heavy atom. The number of hydrogen-bond donors (Lipinski definition) is 1. The Hall–Kier alpha value is -2.42. The molecule has 0 radical (unpaired) electrons. The van der Waals surface area contributed by atoms with Gasteiger partial charge in [-0.2, -0.15) is 4.98 Å². The number of nitrogens with two attached hydrogens (primary N) is 1. The molecule has 1 fully saturated rings. The summed E-state index contributed by atoms with van der Waals surface area (Å²) in [7, 11) is 0. The van der Waals surface area contributed by atoms with E-state index in [4.69, 9.17) is 19.9 Å². The van der Waals surface area contributed by atoms with Crippen molar-refractivity contribution in [2.45, 2.75) is 71.8 Å². The van der Waals surface area contributed by atoms with Gasteiger partial charge in [0.25, 0.3) is 0 Å². The molecule has 9 nitrogen and oxygen atoms in total. The van der Waals surface area contributed by atoms with Crippen LogP contribution in [0, 0.1) is 11.8 Å². The van der Waals surface area contributed by atoms with Crippen molar-refractivity contribution in [3.63, 3.8) is 0 Å². The molecule has 1 aliphatic heterocycles. The molecule has 2 N–H and O–H groups in total. The van der Waals surface area contributed by atoms with E-state index in [9.17, 15) is 14.4 Å². The van der Waals surface area contributed by atoms with Crippen molar-refractivity contribution in [1.29, 1.82) is 0 Å². The molecule has 1 aromatic heterocycles. The lowest BCUT2D eigenvalue weighted by Crippen LogP contribution is -2.45. The smallest absolute Gasteiger partial charge is 0.351 e. The number of nitrogens with zero attached hydrogens (tertiary/aromatic N) is 2. The summed E-state index contributed by atoms with van der Waals surface area (Å²) in [5.74, 6) is -0.203. The van der Waals surface area contributed by atoms with Gasteiger partial charge >= 0.3 is 17.6 Å². The molecule has 1 aliphatic rings.